The fourth-order valence-corrected chi connectivity index (χ4v) is 1.23. The van der Waals surface area contributed by atoms with E-state index in [0.29, 0.717) is 6.04 Å². The second-order valence-electron chi connectivity index (χ2n) is 3.96. The largest absolute Gasteiger partial charge is 0.468 e. The van der Waals surface area contributed by atoms with Crippen molar-refractivity contribution >= 4 is 0 Å². The second kappa shape index (κ2) is 5.17. The van der Waals surface area contributed by atoms with Crippen molar-refractivity contribution in [1.82, 2.24) is 10.2 Å². The average molecular weight is 196 g/mol. The molecule has 0 spiro atoms. The first-order valence-corrected chi connectivity index (χ1v) is 5.04. The molecule has 0 saturated heterocycles. The Morgan fingerprint density at radius 2 is 2.21 bits per heavy atom. The van der Waals surface area contributed by atoms with Gasteiger partial charge in [0.2, 0.25) is 0 Å². The van der Waals surface area contributed by atoms with Crippen molar-refractivity contribution in [2.24, 2.45) is 0 Å². The Kier molecular flexibility index (Phi) is 4.17. The van der Waals surface area contributed by atoms with E-state index in [4.69, 9.17) is 4.42 Å². The molecule has 0 aliphatic carbocycles. The summed E-state index contributed by atoms with van der Waals surface area (Å²) in [5, 5.41) is 3.10. The van der Waals surface area contributed by atoms with Gasteiger partial charge in [0.05, 0.1) is 12.8 Å². The van der Waals surface area contributed by atoms with E-state index in [0.717, 1.165) is 18.8 Å². The third-order valence-corrected chi connectivity index (χ3v) is 2.38. The van der Waals surface area contributed by atoms with Gasteiger partial charge >= 0.3 is 0 Å². The maximum absolute atomic E-state index is 5.46. The molecule has 80 valence electrons. The first kappa shape index (κ1) is 11.3. The third-order valence-electron chi connectivity index (χ3n) is 2.38. The minimum Gasteiger partial charge on any atom is -0.468 e. The Morgan fingerprint density at radius 1 is 1.50 bits per heavy atom. The molecule has 0 fully saturated rings. The topological polar surface area (TPSA) is 28.4 Å². The van der Waals surface area contributed by atoms with Crippen LogP contribution in [-0.4, -0.2) is 25.0 Å². The summed E-state index contributed by atoms with van der Waals surface area (Å²) in [6.07, 6.45) is 1.82. The summed E-state index contributed by atoms with van der Waals surface area (Å²) in [5.41, 5.74) is 1.21. The highest BCUT2D eigenvalue weighted by Gasteiger charge is 2.07. The van der Waals surface area contributed by atoms with Crippen molar-refractivity contribution in [2.75, 3.05) is 14.1 Å². The summed E-state index contributed by atoms with van der Waals surface area (Å²) in [6, 6.07) is 2.66. The summed E-state index contributed by atoms with van der Waals surface area (Å²) in [6.45, 7) is 6.10. The van der Waals surface area contributed by atoms with Gasteiger partial charge in [0.15, 0.2) is 0 Å². The third kappa shape index (κ3) is 3.16. The van der Waals surface area contributed by atoms with Crippen molar-refractivity contribution in [3.63, 3.8) is 0 Å². The average Bonchev–Trinajstić information content (AvgIpc) is 2.53. The highest BCUT2D eigenvalue weighted by molar-refractivity contribution is 5.12. The van der Waals surface area contributed by atoms with Gasteiger partial charge < -0.3 is 9.73 Å². The smallest absolute Gasteiger partial charge is 0.118 e. The Hall–Kier alpha value is -0.800. The first-order valence-electron chi connectivity index (χ1n) is 5.04. The zero-order chi connectivity index (χ0) is 10.6. The molecule has 1 heterocycles. The summed E-state index contributed by atoms with van der Waals surface area (Å²) < 4.78 is 5.46. The van der Waals surface area contributed by atoms with Crippen molar-refractivity contribution in [1.29, 1.82) is 0 Å². The van der Waals surface area contributed by atoms with E-state index in [1.54, 1.807) is 0 Å². The van der Waals surface area contributed by atoms with Crippen LogP contribution in [0.25, 0.3) is 0 Å². The Bertz CT molecular complexity index is 268. The van der Waals surface area contributed by atoms with Crippen LogP contribution >= 0.6 is 0 Å². The van der Waals surface area contributed by atoms with Gasteiger partial charge in [0, 0.05) is 18.2 Å². The maximum Gasteiger partial charge on any atom is 0.118 e. The number of hydrogen-bond donors (Lipinski definition) is 1. The number of hydrogen-bond acceptors (Lipinski definition) is 3. The summed E-state index contributed by atoms with van der Waals surface area (Å²) in [5.74, 6) is 1.03. The van der Waals surface area contributed by atoms with Gasteiger partial charge in [-0.15, -0.1) is 0 Å². The van der Waals surface area contributed by atoms with Crippen LogP contribution in [0.15, 0.2) is 16.7 Å². The lowest BCUT2D eigenvalue weighted by atomic mass is 10.3. The normalized spacial score (nSPS) is 11.6. The van der Waals surface area contributed by atoms with Crippen LogP contribution in [0.5, 0.6) is 0 Å². The lowest BCUT2D eigenvalue weighted by Gasteiger charge is -2.19. The lowest BCUT2D eigenvalue weighted by Crippen LogP contribution is -2.25. The van der Waals surface area contributed by atoms with Crippen LogP contribution in [0.2, 0.25) is 0 Å². The molecule has 1 N–H and O–H groups in total. The van der Waals surface area contributed by atoms with Crippen LogP contribution in [-0.2, 0) is 13.1 Å². The van der Waals surface area contributed by atoms with Gasteiger partial charge in [-0.05, 0) is 34.0 Å². The number of nitrogens with one attached hydrogen (secondary N) is 1. The van der Waals surface area contributed by atoms with Crippen molar-refractivity contribution in [3.8, 4) is 0 Å². The molecule has 0 unspecified atom stereocenters. The Morgan fingerprint density at radius 3 is 2.79 bits per heavy atom. The highest BCUT2D eigenvalue weighted by Crippen LogP contribution is 2.10. The molecule has 14 heavy (non-hydrogen) atoms. The SMILES string of the molecule is CNCc1coc(CN(C)C(C)C)c1. The molecule has 3 heteroatoms. The van der Waals surface area contributed by atoms with Crippen molar-refractivity contribution in [2.45, 2.75) is 33.0 Å². The van der Waals surface area contributed by atoms with E-state index in [2.05, 4.69) is 37.2 Å². The molecular weight excluding hydrogens is 176 g/mol. The molecular formula is C11H20N2O. The fraction of sp³-hybridized carbons (Fsp3) is 0.636. The quantitative estimate of drug-likeness (QED) is 0.779. The number of nitrogens with zero attached hydrogens (tertiary/aromatic N) is 1. The first-order chi connectivity index (χ1) is 6.63. The van der Waals surface area contributed by atoms with E-state index in [-0.39, 0.29) is 0 Å². The van der Waals surface area contributed by atoms with E-state index in [1.165, 1.54) is 5.56 Å². The standard InChI is InChI=1S/C11H20N2O/c1-9(2)13(4)7-11-5-10(6-12-3)8-14-11/h5,8-9,12H,6-7H2,1-4H3. The summed E-state index contributed by atoms with van der Waals surface area (Å²) in [7, 11) is 4.04. The van der Waals surface area contributed by atoms with Crippen molar-refractivity contribution in [3.05, 3.63) is 23.7 Å². The van der Waals surface area contributed by atoms with Crippen LogP contribution < -0.4 is 5.32 Å². The molecule has 0 bridgehead atoms. The van der Waals surface area contributed by atoms with Crippen LogP contribution in [0.3, 0.4) is 0 Å². The molecule has 0 atom stereocenters. The zero-order valence-corrected chi connectivity index (χ0v) is 9.50. The van der Waals surface area contributed by atoms with Crippen LogP contribution in [0.1, 0.15) is 25.2 Å². The van der Waals surface area contributed by atoms with Gasteiger partial charge in [0.1, 0.15) is 5.76 Å². The maximum atomic E-state index is 5.46. The molecule has 0 amide bonds. The Labute approximate surface area is 86.1 Å². The predicted octanol–water partition coefficient (Wildman–Crippen LogP) is 1.84. The van der Waals surface area contributed by atoms with E-state index < -0.39 is 0 Å². The zero-order valence-electron chi connectivity index (χ0n) is 9.50. The minimum absolute atomic E-state index is 0.549. The van der Waals surface area contributed by atoms with E-state index in [1.807, 2.05) is 13.3 Å². The van der Waals surface area contributed by atoms with Gasteiger partial charge in [0.25, 0.3) is 0 Å². The molecule has 1 aromatic rings. The lowest BCUT2D eigenvalue weighted by molar-refractivity contribution is 0.244. The van der Waals surface area contributed by atoms with Gasteiger partial charge in [-0.2, -0.15) is 0 Å². The number of furan rings is 1. The summed E-state index contributed by atoms with van der Waals surface area (Å²) >= 11 is 0. The fourth-order valence-electron chi connectivity index (χ4n) is 1.23. The minimum atomic E-state index is 0.549. The van der Waals surface area contributed by atoms with E-state index >= 15 is 0 Å². The molecule has 3 nitrogen and oxygen atoms in total. The second-order valence-corrected chi connectivity index (χ2v) is 3.96. The van der Waals surface area contributed by atoms with Crippen LogP contribution in [0.4, 0.5) is 0 Å². The Balaban J connectivity index is 2.50. The monoisotopic (exact) mass is 196 g/mol. The van der Waals surface area contributed by atoms with Crippen LogP contribution in [0, 0.1) is 0 Å². The van der Waals surface area contributed by atoms with Gasteiger partial charge in [-0.1, -0.05) is 0 Å². The van der Waals surface area contributed by atoms with Gasteiger partial charge in [-0.3, -0.25) is 4.90 Å². The number of rotatable bonds is 5. The molecule has 0 saturated carbocycles. The highest BCUT2D eigenvalue weighted by atomic mass is 16.3. The summed E-state index contributed by atoms with van der Waals surface area (Å²) in [4.78, 5) is 2.25. The molecule has 0 aliphatic heterocycles. The predicted molar refractivity (Wildman–Crippen MR) is 58.1 cm³/mol. The molecule has 1 aromatic heterocycles. The van der Waals surface area contributed by atoms with E-state index in [9.17, 15) is 0 Å². The molecule has 0 radical (unpaired) electrons. The molecule has 0 aliphatic rings. The van der Waals surface area contributed by atoms with Crippen molar-refractivity contribution < 1.29 is 4.42 Å². The van der Waals surface area contributed by atoms with Gasteiger partial charge in [-0.25, -0.2) is 0 Å². The molecule has 0 aromatic carbocycles. The molecule has 1 rings (SSSR count).